The molecule has 2 aromatic rings. The number of ether oxygens (including phenoxy) is 1. The highest BCUT2D eigenvalue weighted by molar-refractivity contribution is 7.90. The van der Waals surface area contributed by atoms with Gasteiger partial charge in [-0.3, -0.25) is 14.4 Å². The molecule has 1 atom stereocenters. The number of hydrogen-bond acceptors (Lipinski definition) is 7. The largest absolute Gasteiger partial charge is 0.487 e. The van der Waals surface area contributed by atoms with Gasteiger partial charge in [0.1, 0.15) is 28.9 Å². The third-order valence-corrected chi connectivity index (χ3v) is 8.25. The van der Waals surface area contributed by atoms with Gasteiger partial charge in [-0.25, -0.2) is 25.9 Å². The van der Waals surface area contributed by atoms with Crippen molar-refractivity contribution in [3.8, 4) is 5.75 Å². The quantitative estimate of drug-likeness (QED) is 0.360. The Balaban J connectivity index is 1.71. The van der Waals surface area contributed by atoms with Crippen LogP contribution in [0.2, 0.25) is 0 Å². The molecule has 11 nitrogen and oxygen atoms in total. The fourth-order valence-electron chi connectivity index (χ4n) is 4.18. The Hall–Kier alpha value is -3.80. The van der Waals surface area contributed by atoms with Crippen LogP contribution in [0, 0.1) is 5.82 Å². The van der Waals surface area contributed by atoms with Crippen LogP contribution in [0.15, 0.2) is 29.3 Å². The average molecular weight is 597 g/mol. The molecule has 1 aromatic carbocycles. The third kappa shape index (κ3) is 4.96. The predicted octanol–water partition coefficient (Wildman–Crippen LogP) is 1.67. The molecule has 3 heterocycles. The zero-order valence-corrected chi connectivity index (χ0v) is 21.4. The molecule has 0 bridgehead atoms. The molecule has 3 amide bonds. The number of halogens is 6. The number of fused-ring (bicyclic) bond motifs is 1. The van der Waals surface area contributed by atoms with E-state index >= 15 is 0 Å². The molecule has 18 heteroatoms. The maximum atomic E-state index is 13.7. The maximum absolute atomic E-state index is 13.7. The Morgan fingerprint density at radius 3 is 2.38 bits per heavy atom. The predicted molar refractivity (Wildman–Crippen MR) is 124 cm³/mol. The van der Waals surface area contributed by atoms with Gasteiger partial charge in [0.25, 0.3) is 22.4 Å². The van der Waals surface area contributed by atoms with Crippen LogP contribution in [-0.2, 0) is 26.7 Å². The molecule has 0 saturated carbocycles. The summed E-state index contributed by atoms with van der Waals surface area (Å²) in [5.74, 6) is -6.45. The number of nitrogens with one attached hydrogen (secondary N) is 3. The lowest BCUT2D eigenvalue weighted by atomic mass is 9.93. The van der Waals surface area contributed by atoms with E-state index in [1.165, 1.54) is 12.4 Å². The standard InChI is InChI=1S/C22H21F6N5O6S/c1-10(22(26,27)28)30-19(35)20(36)33-21(7-29-8-21)9-39-16-14(40(33,37)38)6-32(2)15(16)18(34)31-11-3-4-13(23)12(5-11)17(24)25/h3-6,10,17,29H,7-9H2,1-2H3,(H,30,35)(H,31,34)/t10-/m0/s1. The van der Waals surface area contributed by atoms with E-state index in [4.69, 9.17) is 4.74 Å². The minimum Gasteiger partial charge on any atom is -0.487 e. The van der Waals surface area contributed by atoms with Crippen molar-refractivity contribution in [2.75, 3.05) is 25.0 Å². The molecule has 2 aliphatic rings. The van der Waals surface area contributed by atoms with Crippen molar-refractivity contribution in [2.45, 2.75) is 36.0 Å². The second-order valence-electron chi connectivity index (χ2n) is 9.20. The normalized spacial score (nSPS) is 18.3. The molecule has 2 aliphatic heterocycles. The lowest BCUT2D eigenvalue weighted by Crippen LogP contribution is -2.74. The zero-order chi connectivity index (χ0) is 29.8. The topological polar surface area (TPSA) is 139 Å². The van der Waals surface area contributed by atoms with Crippen molar-refractivity contribution >= 4 is 33.4 Å². The molecule has 1 saturated heterocycles. The fourth-order valence-corrected chi connectivity index (χ4v) is 6.05. The summed E-state index contributed by atoms with van der Waals surface area (Å²) < 4.78 is 113. The molecule has 1 aromatic heterocycles. The summed E-state index contributed by atoms with van der Waals surface area (Å²) in [6.45, 7) is -0.456. The van der Waals surface area contributed by atoms with Crippen molar-refractivity contribution in [1.29, 1.82) is 0 Å². The molecular formula is C22H21F6N5O6S. The summed E-state index contributed by atoms with van der Waals surface area (Å²) in [6.07, 6.45) is -7.22. The van der Waals surface area contributed by atoms with Crippen LogP contribution in [0.1, 0.15) is 29.4 Å². The van der Waals surface area contributed by atoms with Gasteiger partial charge >= 0.3 is 18.0 Å². The number of sulfonamides is 1. The van der Waals surface area contributed by atoms with Crippen LogP contribution < -0.4 is 20.7 Å². The van der Waals surface area contributed by atoms with Gasteiger partial charge < -0.3 is 25.3 Å². The highest BCUT2D eigenvalue weighted by Gasteiger charge is 2.57. The number of hydrogen-bond donors (Lipinski definition) is 3. The summed E-state index contributed by atoms with van der Waals surface area (Å²) in [5.41, 5.74) is -3.39. The van der Waals surface area contributed by atoms with E-state index in [1.54, 1.807) is 0 Å². The van der Waals surface area contributed by atoms with Crippen LogP contribution in [0.4, 0.5) is 32.0 Å². The van der Waals surface area contributed by atoms with Crippen LogP contribution in [0.5, 0.6) is 5.75 Å². The maximum Gasteiger partial charge on any atom is 0.408 e. The molecule has 1 fully saturated rings. The lowest BCUT2D eigenvalue weighted by molar-refractivity contribution is -0.162. The fraction of sp³-hybridized carbons (Fsp3) is 0.409. The minimum absolute atomic E-state index is 0.150. The molecule has 0 aliphatic carbocycles. The third-order valence-electron chi connectivity index (χ3n) is 6.37. The first-order chi connectivity index (χ1) is 18.5. The molecule has 1 spiro atoms. The smallest absolute Gasteiger partial charge is 0.408 e. The molecule has 0 unspecified atom stereocenters. The first kappa shape index (κ1) is 29.2. The van der Waals surface area contributed by atoms with Gasteiger partial charge in [0.2, 0.25) is 0 Å². The van der Waals surface area contributed by atoms with Crippen LogP contribution in [-0.4, -0.2) is 72.5 Å². The van der Waals surface area contributed by atoms with E-state index in [9.17, 15) is 49.1 Å². The lowest BCUT2D eigenvalue weighted by Gasteiger charge is -2.47. The number of benzene rings is 1. The molecule has 4 rings (SSSR count). The van der Waals surface area contributed by atoms with E-state index in [-0.39, 0.29) is 23.1 Å². The Morgan fingerprint density at radius 1 is 1.18 bits per heavy atom. The summed E-state index contributed by atoms with van der Waals surface area (Å²) in [4.78, 5) is 37.8. The van der Waals surface area contributed by atoms with Gasteiger partial charge in [0, 0.05) is 32.0 Å². The number of carbonyl (C=O) groups is 3. The molecule has 40 heavy (non-hydrogen) atoms. The van der Waals surface area contributed by atoms with Crippen molar-refractivity contribution in [1.82, 2.24) is 19.5 Å². The summed E-state index contributed by atoms with van der Waals surface area (Å²) in [7, 11) is -3.78. The number of amides is 3. The number of carbonyl (C=O) groups excluding carboxylic acids is 3. The van der Waals surface area contributed by atoms with Crippen molar-refractivity contribution in [2.24, 2.45) is 7.05 Å². The number of aromatic nitrogens is 1. The average Bonchev–Trinajstić information content (AvgIpc) is 3.12. The highest BCUT2D eigenvalue weighted by Crippen LogP contribution is 2.40. The monoisotopic (exact) mass is 597 g/mol. The van der Waals surface area contributed by atoms with Gasteiger partial charge in [-0.1, -0.05) is 0 Å². The van der Waals surface area contributed by atoms with Crippen molar-refractivity contribution < 1.29 is 53.9 Å². The molecule has 3 N–H and O–H groups in total. The number of alkyl halides is 5. The van der Waals surface area contributed by atoms with Crippen LogP contribution >= 0.6 is 0 Å². The van der Waals surface area contributed by atoms with Crippen LogP contribution in [0.25, 0.3) is 0 Å². The number of rotatable bonds is 4. The van der Waals surface area contributed by atoms with E-state index in [2.05, 4.69) is 10.6 Å². The van der Waals surface area contributed by atoms with E-state index in [0.29, 0.717) is 19.1 Å². The van der Waals surface area contributed by atoms with Crippen molar-refractivity contribution in [3.63, 3.8) is 0 Å². The highest BCUT2D eigenvalue weighted by atomic mass is 32.2. The Morgan fingerprint density at radius 2 is 1.82 bits per heavy atom. The Bertz CT molecular complexity index is 1490. The molecular weight excluding hydrogens is 576 g/mol. The number of nitrogens with zero attached hydrogens (tertiary/aromatic N) is 2. The van der Waals surface area contributed by atoms with Gasteiger partial charge in [-0.05, 0) is 25.1 Å². The summed E-state index contributed by atoms with van der Waals surface area (Å²) in [6, 6.07) is -0.0862. The second kappa shape index (κ2) is 9.99. The number of anilines is 1. The van der Waals surface area contributed by atoms with Gasteiger partial charge in [-0.2, -0.15) is 13.2 Å². The Kier molecular flexibility index (Phi) is 7.29. The van der Waals surface area contributed by atoms with E-state index in [1.807, 2.05) is 0 Å². The van der Waals surface area contributed by atoms with Crippen LogP contribution in [0.3, 0.4) is 0 Å². The SMILES string of the molecule is C[C@H](NC(=O)C(=O)N1C2(CNC2)COc2c(cn(C)c2C(=O)Nc2ccc(F)c(C(F)F)c2)S1(=O)=O)C(F)(F)F. The van der Waals surface area contributed by atoms with E-state index in [0.717, 1.165) is 16.8 Å². The van der Waals surface area contributed by atoms with Crippen molar-refractivity contribution in [3.05, 3.63) is 41.5 Å². The van der Waals surface area contributed by atoms with Gasteiger partial charge in [-0.15, -0.1) is 0 Å². The first-order valence-electron chi connectivity index (χ1n) is 11.4. The van der Waals surface area contributed by atoms with Gasteiger partial charge in [0.15, 0.2) is 11.4 Å². The number of aryl methyl sites for hydroxylation is 1. The minimum atomic E-state index is -5.01. The summed E-state index contributed by atoms with van der Waals surface area (Å²) in [5, 5.41) is 6.40. The van der Waals surface area contributed by atoms with E-state index < -0.39 is 86.3 Å². The second-order valence-corrected chi connectivity index (χ2v) is 11.0. The molecule has 218 valence electrons. The van der Waals surface area contributed by atoms with Gasteiger partial charge in [0.05, 0.1) is 5.56 Å². The zero-order valence-electron chi connectivity index (χ0n) is 20.6. The first-order valence-corrected chi connectivity index (χ1v) is 12.8. The Labute approximate surface area is 222 Å². The molecule has 0 radical (unpaired) electrons. The summed E-state index contributed by atoms with van der Waals surface area (Å²) >= 11 is 0.